The summed E-state index contributed by atoms with van der Waals surface area (Å²) in [6, 6.07) is 8.18. The molecule has 2 aromatic rings. The van der Waals surface area contributed by atoms with E-state index in [9.17, 15) is 4.79 Å². The van der Waals surface area contributed by atoms with E-state index in [4.69, 9.17) is 0 Å². The van der Waals surface area contributed by atoms with Crippen LogP contribution in [0.5, 0.6) is 0 Å². The topological polar surface area (TPSA) is 42.0 Å². The number of allylic oxidation sites excluding steroid dienone is 2. The first-order chi connectivity index (χ1) is 12.7. The minimum absolute atomic E-state index is 0.0538. The second-order valence-corrected chi connectivity index (χ2v) is 9.67. The van der Waals surface area contributed by atoms with Crippen LogP contribution in [0.4, 0.5) is 5.82 Å². The van der Waals surface area contributed by atoms with Crippen molar-refractivity contribution in [2.24, 2.45) is 5.41 Å². The maximum atomic E-state index is 12.1. The molecule has 1 aliphatic rings. The summed E-state index contributed by atoms with van der Waals surface area (Å²) in [4.78, 5) is 16.7. The number of aromatic nitrogens is 1. The highest BCUT2D eigenvalue weighted by atomic mass is 127. The Balaban J connectivity index is 2.05. The van der Waals surface area contributed by atoms with Crippen molar-refractivity contribution in [1.29, 1.82) is 0 Å². The average Bonchev–Trinajstić information content (AvgIpc) is 2.56. The summed E-state index contributed by atoms with van der Waals surface area (Å²) >= 11 is 5.98. The maximum absolute atomic E-state index is 12.1. The molecule has 0 amide bonds. The molecule has 1 aromatic carbocycles. The van der Waals surface area contributed by atoms with Crippen molar-refractivity contribution in [3.63, 3.8) is 0 Å². The van der Waals surface area contributed by atoms with Gasteiger partial charge in [-0.2, -0.15) is 0 Å². The Bertz CT molecular complexity index is 963. The van der Waals surface area contributed by atoms with Crippen molar-refractivity contribution in [2.45, 2.75) is 33.6 Å². The van der Waals surface area contributed by atoms with Crippen molar-refractivity contribution in [2.75, 3.05) is 5.32 Å². The number of rotatable bonds is 4. The van der Waals surface area contributed by atoms with Gasteiger partial charge in [0.2, 0.25) is 0 Å². The molecule has 1 aliphatic carbocycles. The monoisotopic (exact) mass is 536 g/mol. The van der Waals surface area contributed by atoms with E-state index in [1.165, 1.54) is 0 Å². The fourth-order valence-electron chi connectivity index (χ4n) is 3.46. The number of carbonyl (C=O) groups excluding carboxylic acids is 1. The van der Waals surface area contributed by atoms with Crippen molar-refractivity contribution in [1.82, 2.24) is 4.98 Å². The summed E-state index contributed by atoms with van der Waals surface area (Å²) in [5, 5.41) is 3.41. The number of hydrogen-bond acceptors (Lipinski definition) is 3. The zero-order chi connectivity index (χ0) is 19.8. The summed E-state index contributed by atoms with van der Waals surface area (Å²) in [5.74, 6) is 0.866. The molecule has 0 fully saturated rings. The van der Waals surface area contributed by atoms with Gasteiger partial charge in [-0.15, -0.1) is 0 Å². The Labute approximate surface area is 182 Å². The molecule has 27 heavy (non-hydrogen) atoms. The zero-order valence-corrected chi connectivity index (χ0v) is 19.4. The number of nitrogens with one attached hydrogen (secondary N) is 1. The van der Waals surface area contributed by atoms with E-state index in [-0.39, 0.29) is 11.2 Å². The number of hydrogen-bond donors (Lipinski definition) is 1. The Hall–Kier alpha value is -1.47. The van der Waals surface area contributed by atoms with E-state index in [1.807, 2.05) is 18.3 Å². The SMILES string of the molecule is C=C(c1ccccc1C)c1c(NC2=CC(=O)CC(C)(C)C2)ncc(I)c1Br. The molecule has 0 aliphatic heterocycles. The average molecular weight is 537 g/mol. The van der Waals surface area contributed by atoms with Crippen LogP contribution in [-0.4, -0.2) is 10.8 Å². The van der Waals surface area contributed by atoms with Crippen molar-refractivity contribution < 1.29 is 4.79 Å². The van der Waals surface area contributed by atoms with Crippen LogP contribution in [0.1, 0.15) is 43.4 Å². The van der Waals surface area contributed by atoms with Gasteiger partial charge in [-0.25, -0.2) is 4.98 Å². The fourth-order valence-corrected chi connectivity index (χ4v) is 4.40. The summed E-state index contributed by atoms with van der Waals surface area (Å²) in [6.07, 6.45) is 4.90. The predicted molar refractivity (Wildman–Crippen MR) is 124 cm³/mol. The van der Waals surface area contributed by atoms with E-state index >= 15 is 0 Å². The van der Waals surface area contributed by atoms with Crippen LogP contribution in [0, 0.1) is 15.9 Å². The molecule has 3 nitrogen and oxygen atoms in total. The van der Waals surface area contributed by atoms with Gasteiger partial charge in [-0.05, 0) is 74.0 Å². The Morgan fingerprint density at radius 1 is 1.30 bits per heavy atom. The van der Waals surface area contributed by atoms with Crippen molar-refractivity contribution in [3.05, 3.63) is 73.5 Å². The second kappa shape index (κ2) is 7.87. The largest absolute Gasteiger partial charge is 0.343 e. The van der Waals surface area contributed by atoms with Crippen molar-refractivity contribution in [3.8, 4) is 0 Å². The minimum Gasteiger partial charge on any atom is -0.343 e. The van der Waals surface area contributed by atoms with Gasteiger partial charge in [0, 0.05) is 38.0 Å². The molecule has 0 radical (unpaired) electrons. The zero-order valence-electron chi connectivity index (χ0n) is 15.7. The fraction of sp³-hybridized carbons (Fsp3) is 0.273. The van der Waals surface area contributed by atoms with Gasteiger partial charge >= 0.3 is 0 Å². The van der Waals surface area contributed by atoms with Gasteiger partial charge in [0.1, 0.15) is 5.82 Å². The van der Waals surface area contributed by atoms with Crippen LogP contribution in [0.25, 0.3) is 5.57 Å². The summed E-state index contributed by atoms with van der Waals surface area (Å²) in [5.41, 5.74) is 4.91. The first-order valence-corrected chi connectivity index (χ1v) is 10.6. The summed E-state index contributed by atoms with van der Waals surface area (Å²) in [7, 11) is 0. The number of anilines is 1. The Kier molecular flexibility index (Phi) is 5.91. The Morgan fingerprint density at radius 2 is 2.00 bits per heavy atom. The lowest BCUT2D eigenvalue weighted by molar-refractivity contribution is -0.117. The molecule has 0 saturated heterocycles. The molecular formula is C22H22BrIN2O. The van der Waals surface area contributed by atoms with Crippen LogP contribution in [-0.2, 0) is 4.79 Å². The molecule has 0 bridgehead atoms. The molecule has 1 aromatic heterocycles. The van der Waals surface area contributed by atoms with Gasteiger partial charge in [-0.1, -0.05) is 44.7 Å². The molecular weight excluding hydrogens is 515 g/mol. The third kappa shape index (κ3) is 4.51. The third-order valence-electron chi connectivity index (χ3n) is 4.68. The van der Waals surface area contributed by atoms with Crippen molar-refractivity contribution >= 4 is 55.7 Å². The predicted octanol–water partition coefficient (Wildman–Crippen LogP) is 6.50. The van der Waals surface area contributed by atoms with Crippen LogP contribution in [0.3, 0.4) is 0 Å². The van der Waals surface area contributed by atoms with Gasteiger partial charge in [0.05, 0.1) is 0 Å². The second-order valence-electron chi connectivity index (χ2n) is 7.72. The minimum atomic E-state index is -0.0538. The van der Waals surface area contributed by atoms with Gasteiger partial charge in [0.15, 0.2) is 5.78 Å². The maximum Gasteiger partial charge on any atom is 0.157 e. The number of aryl methyl sites for hydroxylation is 1. The number of ketones is 1. The lowest BCUT2D eigenvalue weighted by Gasteiger charge is -2.29. The molecule has 0 unspecified atom stereocenters. The smallest absolute Gasteiger partial charge is 0.157 e. The van der Waals surface area contributed by atoms with Crippen LogP contribution in [0.2, 0.25) is 0 Å². The number of pyridine rings is 1. The molecule has 1 heterocycles. The quantitative estimate of drug-likeness (QED) is 0.453. The van der Waals surface area contributed by atoms with Crippen LogP contribution < -0.4 is 5.32 Å². The number of nitrogens with zero attached hydrogens (tertiary/aromatic N) is 1. The van der Waals surface area contributed by atoms with E-state index in [0.717, 1.165) is 42.4 Å². The first-order valence-electron chi connectivity index (χ1n) is 8.78. The third-order valence-corrected chi connectivity index (χ3v) is 7.06. The Morgan fingerprint density at radius 3 is 2.67 bits per heavy atom. The summed E-state index contributed by atoms with van der Waals surface area (Å²) < 4.78 is 1.97. The first kappa shape index (κ1) is 20.3. The van der Waals surface area contributed by atoms with E-state index in [2.05, 4.69) is 88.3 Å². The normalized spacial score (nSPS) is 16.0. The lowest BCUT2D eigenvalue weighted by Crippen LogP contribution is -2.24. The summed E-state index contributed by atoms with van der Waals surface area (Å²) in [6.45, 7) is 10.7. The highest BCUT2D eigenvalue weighted by molar-refractivity contribution is 14.1. The molecule has 140 valence electrons. The molecule has 3 rings (SSSR count). The molecule has 0 saturated carbocycles. The number of halogens is 2. The van der Waals surface area contributed by atoms with E-state index < -0.39 is 0 Å². The van der Waals surface area contributed by atoms with E-state index in [0.29, 0.717) is 12.2 Å². The molecule has 0 spiro atoms. The standard InChI is InChI=1S/C22H22BrIN2O/c1-13-7-5-6-8-17(13)14(2)19-20(23)18(24)12-25-21(19)26-15-9-16(27)11-22(3,4)10-15/h5-9,12H,2,10-11H2,1,3-4H3,(H,25,26). The van der Waals surface area contributed by atoms with E-state index in [1.54, 1.807) is 6.08 Å². The molecule has 1 N–H and O–H groups in total. The molecule has 5 heteroatoms. The lowest BCUT2D eigenvalue weighted by atomic mass is 9.79. The van der Waals surface area contributed by atoms with Gasteiger partial charge < -0.3 is 5.32 Å². The van der Waals surface area contributed by atoms with Crippen LogP contribution >= 0.6 is 38.5 Å². The highest BCUT2D eigenvalue weighted by Gasteiger charge is 2.28. The highest BCUT2D eigenvalue weighted by Crippen LogP contribution is 2.39. The van der Waals surface area contributed by atoms with Gasteiger partial charge in [-0.3, -0.25) is 4.79 Å². The van der Waals surface area contributed by atoms with Gasteiger partial charge in [0.25, 0.3) is 0 Å². The van der Waals surface area contributed by atoms with Crippen LogP contribution in [0.15, 0.2) is 53.3 Å². The number of benzene rings is 1. The number of carbonyl (C=O) groups is 1. The molecule has 0 atom stereocenters.